The number of benzene rings is 3. The molecular weight excluding hydrogens is 387 g/mol. The summed E-state index contributed by atoms with van der Waals surface area (Å²) < 4.78 is 14.1. The lowest BCUT2D eigenvalue weighted by Gasteiger charge is -2.20. The van der Waals surface area contributed by atoms with Crippen molar-refractivity contribution >= 4 is 16.8 Å². The van der Waals surface area contributed by atoms with E-state index in [-0.39, 0.29) is 30.1 Å². The molecule has 0 aliphatic heterocycles. The minimum atomic E-state index is -0.297. The second-order valence-corrected chi connectivity index (χ2v) is 7.95. The molecule has 0 unspecified atom stereocenters. The van der Waals surface area contributed by atoms with Crippen LogP contribution in [-0.4, -0.2) is 10.9 Å². The van der Waals surface area contributed by atoms with E-state index < -0.39 is 0 Å². The first-order chi connectivity index (χ1) is 15.1. The molecule has 0 spiro atoms. The van der Waals surface area contributed by atoms with E-state index in [1.165, 1.54) is 17.7 Å². The Bertz CT molecular complexity index is 1180. The minimum absolute atomic E-state index is 0.0633. The summed E-state index contributed by atoms with van der Waals surface area (Å²) in [5.41, 5.74) is 5.17. The van der Waals surface area contributed by atoms with Crippen molar-refractivity contribution in [2.24, 2.45) is 0 Å². The molecule has 1 amide bonds. The number of amides is 1. The molecular formula is C27H27FN2O. The molecule has 31 heavy (non-hydrogen) atoms. The number of carbonyl (C=O) groups is 1. The van der Waals surface area contributed by atoms with Crippen molar-refractivity contribution in [2.45, 2.75) is 38.6 Å². The third-order valence-electron chi connectivity index (χ3n) is 5.91. The minimum Gasteiger partial charge on any atom is -0.361 e. The van der Waals surface area contributed by atoms with Crippen LogP contribution in [0.25, 0.3) is 10.9 Å². The molecule has 1 aromatic heterocycles. The maximum Gasteiger partial charge on any atom is 0.221 e. The maximum atomic E-state index is 14.1. The van der Waals surface area contributed by atoms with Gasteiger partial charge in [0.1, 0.15) is 5.82 Å². The average molecular weight is 415 g/mol. The van der Waals surface area contributed by atoms with E-state index in [9.17, 15) is 9.18 Å². The first-order valence-corrected chi connectivity index (χ1v) is 10.8. The van der Waals surface area contributed by atoms with E-state index in [0.29, 0.717) is 0 Å². The molecule has 0 radical (unpaired) electrons. The molecule has 158 valence electrons. The lowest BCUT2D eigenvalue weighted by Crippen LogP contribution is -2.28. The summed E-state index contributed by atoms with van der Waals surface area (Å²) in [5.74, 6) is -0.610. The normalized spacial score (nSPS) is 13.1. The van der Waals surface area contributed by atoms with Crippen LogP contribution in [0.3, 0.4) is 0 Å². The van der Waals surface area contributed by atoms with Gasteiger partial charge in [-0.05, 0) is 47.7 Å². The van der Waals surface area contributed by atoms with Crippen LogP contribution in [0.2, 0.25) is 0 Å². The van der Waals surface area contributed by atoms with Crippen molar-refractivity contribution in [3.05, 3.63) is 107 Å². The number of para-hydroxylation sites is 1. The molecule has 0 saturated heterocycles. The van der Waals surface area contributed by atoms with Crippen molar-refractivity contribution in [1.29, 1.82) is 0 Å². The van der Waals surface area contributed by atoms with Crippen LogP contribution in [-0.2, 0) is 11.2 Å². The van der Waals surface area contributed by atoms with Crippen LogP contribution in [0.1, 0.15) is 54.5 Å². The van der Waals surface area contributed by atoms with Crippen molar-refractivity contribution in [3.8, 4) is 0 Å². The molecule has 2 atom stereocenters. The molecule has 4 aromatic rings. The number of aromatic amines is 1. The van der Waals surface area contributed by atoms with Gasteiger partial charge in [0.25, 0.3) is 0 Å². The van der Waals surface area contributed by atoms with Gasteiger partial charge in [-0.2, -0.15) is 0 Å². The summed E-state index contributed by atoms with van der Waals surface area (Å²) in [4.78, 5) is 16.4. The molecule has 0 bridgehead atoms. The molecule has 3 nitrogen and oxygen atoms in total. The molecule has 4 heteroatoms. The molecule has 0 aliphatic carbocycles. The third-order valence-corrected chi connectivity index (χ3v) is 5.91. The van der Waals surface area contributed by atoms with Crippen LogP contribution >= 0.6 is 0 Å². The van der Waals surface area contributed by atoms with E-state index in [0.717, 1.165) is 34.0 Å². The van der Waals surface area contributed by atoms with Crippen LogP contribution in [0.5, 0.6) is 0 Å². The fraction of sp³-hybridized carbons (Fsp3) is 0.222. The topological polar surface area (TPSA) is 44.9 Å². The number of hydrogen-bond acceptors (Lipinski definition) is 1. The number of hydrogen-bond donors (Lipinski definition) is 2. The van der Waals surface area contributed by atoms with Crippen molar-refractivity contribution in [3.63, 3.8) is 0 Å². The number of nitrogens with one attached hydrogen (secondary N) is 2. The number of aromatic nitrogens is 1. The Kier molecular flexibility index (Phi) is 6.17. The monoisotopic (exact) mass is 414 g/mol. The smallest absolute Gasteiger partial charge is 0.221 e. The van der Waals surface area contributed by atoms with Gasteiger partial charge in [-0.1, -0.05) is 67.6 Å². The highest BCUT2D eigenvalue weighted by Crippen LogP contribution is 2.35. The van der Waals surface area contributed by atoms with Crippen LogP contribution in [0, 0.1) is 5.82 Å². The highest BCUT2D eigenvalue weighted by molar-refractivity contribution is 5.88. The summed E-state index contributed by atoms with van der Waals surface area (Å²) in [6.07, 6.45) is 3.12. The molecule has 1 heterocycles. The number of rotatable bonds is 7. The Hall–Kier alpha value is -3.40. The Morgan fingerprint density at radius 3 is 2.48 bits per heavy atom. The number of aryl methyl sites for hydroxylation is 1. The number of halogens is 1. The average Bonchev–Trinajstić information content (AvgIpc) is 3.22. The first-order valence-electron chi connectivity index (χ1n) is 10.8. The quantitative estimate of drug-likeness (QED) is 0.368. The van der Waals surface area contributed by atoms with Gasteiger partial charge in [-0.3, -0.25) is 4.79 Å². The van der Waals surface area contributed by atoms with Gasteiger partial charge in [0, 0.05) is 29.4 Å². The van der Waals surface area contributed by atoms with Crippen LogP contribution in [0.4, 0.5) is 4.39 Å². The lowest BCUT2D eigenvalue weighted by molar-refractivity contribution is -0.121. The fourth-order valence-corrected chi connectivity index (χ4v) is 4.26. The zero-order valence-electron chi connectivity index (χ0n) is 17.9. The third kappa shape index (κ3) is 4.53. The molecule has 0 aliphatic rings. The van der Waals surface area contributed by atoms with Gasteiger partial charge in [0.2, 0.25) is 5.91 Å². The number of H-pyrrole nitrogens is 1. The summed E-state index contributed by atoms with van der Waals surface area (Å²) in [6, 6.07) is 22.6. The number of fused-ring (bicyclic) bond motifs is 1. The van der Waals surface area contributed by atoms with Crippen molar-refractivity contribution < 1.29 is 9.18 Å². The second kappa shape index (κ2) is 9.17. The summed E-state index contributed by atoms with van der Waals surface area (Å²) in [5, 5.41) is 4.18. The number of carbonyl (C=O) groups excluding carboxylic acids is 1. The molecule has 3 aromatic carbocycles. The highest BCUT2D eigenvalue weighted by atomic mass is 19.1. The fourth-order valence-electron chi connectivity index (χ4n) is 4.26. The van der Waals surface area contributed by atoms with Gasteiger partial charge in [-0.15, -0.1) is 0 Å². The standard InChI is InChI=1S/C27H27FN2O/c1-3-19-11-8-14-23-25(17-29-27(19)23)24(21-12-7-13-22(28)15-21)16-26(31)30-18(2)20-9-5-4-6-10-20/h4-15,17-18,24,29H,3,16H2,1-2H3,(H,30,31)/t18-,24+/m0/s1. The van der Waals surface area contributed by atoms with E-state index in [1.807, 2.05) is 55.6 Å². The van der Waals surface area contributed by atoms with Gasteiger partial charge >= 0.3 is 0 Å². The predicted octanol–water partition coefficient (Wildman–Crippen LogP) is 6.27. The van der Waals surface area contributed by atoms with Gasteiger partial charge in [0.05, 0.1) is 6.04 Å². The van der Waals surface area contributed by atoms with E-state index in [4.69, 9.17) is 0 Å². The van der Waals surface area contributed by atoms with Gasteiger partial charge in [0.15, 0.2) is 0 Å². The molecule has 0 fully saturated rings. The van der Waals surface area contributed by atoms with Crippen molar-refractivity contribution in [1.82, 2.24) is 10.3 Å². The van der Waals surface area contributed by atoms with Gasteiger partial charge < -0.3 is 10.3 Å². The Labute approximate surface area is 182 Å². The summed E-state index contributed by atoms with van der Waals surface area (Å²) in [7, 11) is 0. The lowest BCUT2D eigenvalue weighted by atomic mass is 9.87. The Balaban J connectivity index is 1.67. The Morgan fingerprint density at radius 2 is 1.74 bits per heavy atom. The maximum absolute atomic E-state index is 14.1. The van der Waals surface area contributed by atoms with Crippen molar-refractivity contribution in [2.75, 3.05) is 0 Å². The molecule has 4 rings (SSSR count). The summed E-state index contributed by atoms with van der Waals surface area (Å²) in [6.45, 7) is 4.10. The van der Waals surface area contributed by atoms with E-state index in [1.54, 1.807) is 6.07 Å². The molecule has 0 saturated carbocycles. The zero-order chi connectivity index (χ0) is 21.8. The second-order valence-electron chi connectivity index (χ2n) is 7.95. The summed E-state index contributed by atoms with van der Waals surface area (Å²) >= 11 is 0. The Morgan fingerprint density at radius 1 is 1.00 bits per heavy atom. The zero-order valence-corrected chi connectivity index (χ0v) is 17.9. The predicted molar refractivity (Wildman–Crippen MR) is 124 cm³/mol. The van der Waals surface area contributed by atoms with E-state index in [2.05, 4.69) is 29.4 Å². The largest absolute Gasteiger partial charge is 0.361 e. The van der Waals surface area contributed by atoms with Crippen LogP contribution < -0.4 is 5.32 Å². The molecule has 2 N–H and O–H groups in total. The SMILES string of the molecule is CCc1cccc2c([C@H](CC(=O)N[C@@H](C)c3ccccc3)c3cccc(F)c3)c[nH]c12. The van der Waals surface area contributed by atoms with E-state index >= 15 is 0 Å². The highest BCUT2D eigenvalue weighted by Gasteiger charge is 2.23. The van der Waals surface area contributed by atoms with Gasteiger partial charge in [-0.25, -0.2) is 4.39 Å². The van der Waals surface area contributed by atoms with Crippen LogP contribution in [0.15, 0.2) is 79.0 Å². The first kappa shape index (κ1) is 20.9.